The Hall–Kier alpha value is -2.14. The van der Waals surface area contributed by atoms with Crippen molar-refractivity contribution in [1.29, 1.82) is 0 Å². The van der Waals surface area contributed by atoms with E-state index in [1.807, 2.05) is 36.5 Å². The number of fused-ring (bicyclic) bond motifs is 1. The number of nitrogens with one attached hydrogen (secondary N) is 1. The molecule has 4 rings (SSSR count). The first-order valence-electron chi connectivity index (χ1n) is 8.60. The number of benzene rings is 1. The summed E-state index contributed by atoms with van der Waals surface area (Å²) in [4.78, 5) is 12.6. The third-order valence-corrected chi connectivity index (χ3v) is 5.52. The minimum absolute atomic E-state index is 0.00422. The zero-order chi connectivity index (χ0) is 16.7. The monoisotopic (exact) mass is 325 g/mol. The Labute approximate surface area is 142 Å². The highest BCUT2D eigenvalue weighted by atomic mass is 16.5. The first kappa shape index (κ1) is 15.4. The van der Waals surface area contributed by atoms with E-state index < -0.39 is 0 Å². The standard InChI is InChI=1S/C19H23N3O2/c1-19(2)16(15-5-3-12-24-17(15)19)21-18(23)13-6-8-14(9-7-13)22-11-4-10-20-22/h4,6-11,15-17H,3,5,12H2,1-2H3,(H,21,23)/t15-,16+,17+/m0/s1. The van der Waals surface area contributed by atoms with Gasteiger partial charge in [-0.15, -0.1) is 0 Å². The summed E-state index contributed by atoms with van der Waals surface area (Å²) in [6, 6.07) is 9.60. The molecule has 1 aromatic heterocycles. The second-order valence-corrected chi connectivity index (χ2v) is 7.37. The molecule has 2 fully saturated rings. The molecule has 2 aliphatic rings. The zero-order valence-corrected chi connectivity index (χ0v) is 14.1. The molecule has 126 valence electrons. The van der Waals surface area contributed by atoms with Crippen molar-refractivity contribution in [2.45, 2.75) is 38.8 Å². The van der Waals surface area contributed by atoms with Crippen LogP contribution in [0.1, 0.15) is 37.0 Å². The van der Waals surface area contributed by atoms with Crippen LogP contribution < -0.4 is 5.32 Å². The molecular formula is C19H23N3O2. The summed E-state index contributed by atoms with van der Waals surface area (Å²) in [6.45, 7) is 5.22. The van der Waals surface area contributed by atoms with E-state index in [1.54, 1.807) is 10.9 Å². The maximum Gasteiger partial charge on any atom is 0.251 e. The van der Waals surface area contributed by atoms with Gasteiger partial charge in [-0.3, -0.25) is 4.79 Å². The van der Waals surface area contributed by atoms with Crippen molar-refractivity contribution < 1.29 is 9.53 Å². The summed E-state index contributed by atoms with van der Waals surface area (Å²) in [7, 11) is 0. The second-order valence-electron chi connectivity index (χ2n) is 7.37. The van der Waals surface area contributed by atoms with Gasteiger partial charge in [0.15, 0.2) is 0 Å². The second kappa shape index (κ2) is 5.74. The fourth-order valence-corrected chi connectivity index (χ4v) is 4.23. The fourth-order valence-electron chi connectivity index (χ4n) is 4.23. The van der Waals surface area contributed by atoms with Crippen LogP contribution >= 0.6 is 0 Å². The molecule has 24 heavy (non-hydrogen) atoms. The number of ether oxygens (including phenoxy) is 1. The molecule has 5 nitrogen and oxygen atoms in total. The highest BCUT2D eigenvalue weighted by Gasteiger charge is 2.58. The molecule has 2 heterocycles. The largest absolute Gasteiger partial charge is 0.377 e. The van der Waals surface area contributed by atoms with E-state index in [4.69, 9.17) is 4.74 Å². The summed E-state index contributed by atoms with van der Waals surface area (Å²) in [5, 5.41) is 7.43. The average Bonchev–Trinajstić information content (AvgIpc) is 3.14. The Morgan fingerprint density at radius 1 is 1.33 bits per heavy atom. The summed E-state index contributed by atoms with van der Waals surface area (Å²) >= 11 is 0. The van der Waals surface area contributed by atoms with Gasteiger partial charge in [-0.2, -0.15) is 5.10 Å². The van der Waals surface area contributed by atoms with Crippen LogP contribution in [0.25, 0.3) is 5.69 Å². The molecule has 0 unspecified atom stereocenters. The Morgan fingerprint density at radius 2 is 2.12 bits per heavy atom. The van der Waals surface area contributed by atoms with E-state index >= 15 is 0 Å². The van der Waals surface area contributed by atoms with Crippen molar-refractivity contribution in [1.82, 2.24) is 15.1 Å². The van der Waals surface area contributed by atoms with Crippen LogP contribution in [0, 0.1) is 11.3 Å². The van der Waals surface area contributed by atoms with E-state index in [0.717, 1.165) is 25.1 Å². The van der Waals surface area contributed by atoms with Gasteiger partial charge in [-0.1, -0.05) is 13.8 Å². The highest BCUT2D eigenvalue weighted by molar-refractivity contribution is 5.94. The Balaban J connectivity index is 1.46. The lowest BCUT2D eigenvalue weighted by Crippen LogP contribution is -2.70. The van der Waals surface area contributed by atoms with Crippen molar-refractivity contribution in [2.24, 2.45) is 11.3 Å². The maximum atomic E-state index is 12.6. The number of nitrogens with zero attached hydrogens (tertiary/aromatic N) is 2. The lowest BCUT2D eigenvalue weighted by atomic mass is 9.55. The molecule has 1 N–H and O–H groups in total. The normalized spacial score (nSPS) is 27.8. The fraction of sp³-hybridized carbons (Fsp3) is 0.474. The molecule has 5 heteroatoms. The highest BCUT2D eigenvalue weighted by Crippen LogP contribution is 2.51. The number of rotatable bonds is 3. The van der Waals surface area contributed by atoms with Crippen LogP contribution in [-0.4, -0.2) is 34.4 Å². The van der Waals surface area contributed by atoms with Gasteiger partial charge < -0.3 is 10.1 Å². The molecule has 0 radical (unpaired) electrons. The summed E-state index contributed by atoms with van der Waals surface area (Å²) in [6.07, 6.45) is 6.12. The van der Waals surface area contributed by atoms with Crippen molar-refractivity contribution in [3.8, 4) is 5.69 Å². The number of aromatic nitrogens is 2. The van der Waals surface area contributed by atoms with Gasteiger partial charge in [0.1, 0.15) is 0 Å². The van der Waals surface area contributed by atoms with Crippen molar-refractivity contribution in [3.05, 3.63) is 48.3 Å². The van der Waals surface area contributed by atoms with Gasteiger partial charge in [0.2, 0.25) is 0 Å². The van der Waals surface area contributed by atoms with Gasteiger partial charge in [-0.05, 0) is 43.2 Å². The van der Waals surface area contributed by atoms with E-state index in [-0.39, 0.29) is 23.5 Å². The van der Waals surface area contributed by atoms with Crippen LogP contribution in [0.5, 0.6) is 0 Å². The third-order valence-electron chi connectivity index (χ3n) is 5.52. The molecule has 3 atom stereocenters. The summed E-state index contributed by atoms with van der Waals surface area (Å²) in [5.74, 6) is 0.435. The molecule has 0 spiro atoms. The first-order valence-corrected chi connectivity index (χ1v) is 8.60. The van der Waals surface area contributed by atoms with Crippen LogP contribution in [0.4, 0.5) is 0 Å². The Kier molecular flexibility index (Phi) is 3.68. The Morgan fingerprint density at radius 3 is 2.83 bits per heavy atom. The number of amides is 1. The minimum atomic E-state index is -0.0101. The van der Waals surface area contributed by atoms with Crippen molar-refractivity contribution in [3.63, 3.8) is 0 Å². The minimum Gasteiger partial charge on any atom is -0.377 e. The molecule has 1 saturated carbocycles. The predicted octanol–water partition coefficient (Wildman–Crippen LogP) is 2.81. The van der Waals surface area contributed by atoms with Crippen molar-refractivity contribution in [2.75, 3.05) is 6.61 Å². The smallest absolute Gasteiger partial charge is 0.251 e. The van der Waals surface area contributed by atoms with Gasteiger partial charge in [-0.25, -0.2) is 4.68 Å². The first-order chi connectivity index (χ1) is 11.6. The Bertz CT molecular complexity index is 722. The summed E-state index contributed by atoms with van der Waals surface area (Å²) in [5.41, 5.74) is 1.62. The molecular weight excluding hydrogens is 302 g/mol. The molecule has 0 bridgehead atoms. The van der Waals surface area contributed by atoms with E-state index in [2.05, 4.69) is 24.3 Å². The average molecular weight is 325 g/mol. The van der Waals surface area contributed by atoms with Crippen molar-refractivity contribution >= 4 is 5.91 Å². The lowest BCUT2D eigenvalue weighted by molar-refractivity contribution is -0.189. The zero-order valence-electron chi connectivity index (χ0n) is 14.1. The summed E-state index contributed by atoms with van der Waals surface area (Å²) < 4.78 is 7.68. The van der Waals surface area contributed by atoms with Crippen LogP contribution in [0.2, 0.25) is 0 Å². The molecule has 1 aliphatic heterocycles. The van der Waals surface area contributed by atoms with Gasteiger partial charge in [0, 0.05) is 41.9 Å². The topological polar surface area (TPSA) is 56.2 Å². The molecule has 1 aromatic carbocycles. The van der Waals surface area contributed by atoms with E-state index in [0.29, 0.717) is 11.5 Å². The maximum absolute atomic E-state index is 12.6. The van der Waals surface area contributed by atoms with Gasteiger partial charge in [0.25, 0.3) is 5.91 Å². The predicted molar refractivity (Wildman–Crippen MR) is 91.1 cm³/mol. The van der Waals surface area contributed by atoms with Gasteiger partial charge >= 0.3 is 0 Å². The van der Waals surface area contributed by atoms with Gasteiger partial charge in [0.05, 0.1) is 11.8 Å². The lowest BCUT2D eigenvalue weighted by Gasteiger charge is -2.59. The molecule has 2 aromatic rings. The van der Waals surface area contributed by atoms with Crippen LogP contribution in [0.15, 0.2) is 42.7 Å². The number of carbonyl (C=O) groups excluding carboxylic acids is 1. The van der Waals surface area contributed by atoms with E-state index in [9.17, 15) is 4.79 Å². The molecule has 1 aliphatic carbocycles. The number of hydrogen-bond donors (Lipinski definition) is 1. The van der Waals surface area contributed by atoms with Crippen LogP contribution in [0.3, 0.4) is 0 Å². The van der Waals surface area contributed by atoms with E-state index in [1.165, 1.54) is 0 Å². The van der Waals surface area contributed by atoms with Crippen LogP contribution in [-0.2, 0) is 4.74 Å². The number of carbonyl (C=O) groups is 1. The molecule has 1 amide bonds. The SMILES string of the molecule is CC1(C)[C@H](NC(=O)c2ccc(-n3cccn3)cc2)[C@@H]2CCCO[C@H]21. The third kappa shape index (κ3) is 2.44. The molecule has 1 saturated heterocycles. The number of hydrogen-bond acceptors (Lipinski definition) is 3. The quantitative estimate of drug-likeness (QED) is 0.944.